The van der Waals surface area contributed by atoms with E-state index in [0.717, 1.165) is 11.1 Å². The maximum atomic E-state index is 12.7. The summed E-state index contributed by atoms with van der Waals surface area (Å²) < 4.78 is 6.49. The van der Waals surface area contributed by atoms with E-state index in [2.05, 4.69) is 10.4 Å². The predicted octanol–water partition coefficient (Wildman–Crippen LogP) is 4.76. The van der Waals surface area contributed by atoms with E-state index in [-0.39, 0.29) is 18.8 Å². The Labute approximate surface area is 184 Å². The molecule has 3 rings (SSSR count). The standard InChI is InChI=1S/C22H21Cl2N3O3/c1-4-30-19(28)12-25-22(29)20-14(3)21(15-6-8-16(23)9-7-15)27(26-20)18-10-5-13(2)11-17(18)24/h5-11H,4,12H2,1-3H3,(H,25,29). The summed E-state index contributed by atoms with van der Waals surface area (Å²) in [4.78, 5) is 24.3. The molecule has 8 heteroatoms. The second kappa shape index (κ2) is 9.32. The van der Waals surface area contributed by atoms with Crippen LogP contribution < -0.4 is 5.32 Å². The second-order valence-electron chi connectivity index (χ2n) is 6.68. The molecular weight excluding hydrogens is 425 g/mol. The number of ether oxygens (including phenoxy) is 1. The van der Waals surface area contributed by atoms with Gasteiger partial charge in [0.25, 0.3) is 5.91 Å². The number of halogens is 2. The van der Waals surface area contributed by atoms with E-state index in [1.54, 1.807) is 30.7 Å². The van der Waals surface area contributed by atoms with Crippen molar-refractivity contribution in [2.24, 2.45) is 0 Å². The lowest BCUT2D eigenvalue weighted by Crippen LogP contribution is -2.31. The highest BCUT2D eigenvalue weighted by Gasteiger charge is 2.23. The van der Waals surface area contributed by atoms with Crippen LogP contribution in [-0.2, 0) is 9.53 Å². The highest BCUT2D eigenvalue weighted by atomic mass is 35.5. The van der Waals surface area contributed by atoms with Crippen molar-refractivity contribution in [3.8, 4) is 16.9 Å². The van der Waals surface area contributed by atoms with Gasteiger partial charge in [-0.25, -0.2) is 4.68 Å². The molecule has 0 bridgehead atoms. The molecule has 0 spiro atoms. The minimum atomic E-state index is -0.512. The Morgan fingerprint density at radius 3 is 2.43 bits per heavy atom. The molecule has 2 aromatic carbocycles. The number of esters is 1. The number of hydrogen-bond donors (Lipinski definition) is 1. The average molecular weight is 446 g/mol. The van der Waals surface area contributed by atoms with Crippen LogP contribution in [0.15, 0.2) is 42.5 Å². The van der Waals surface area contributed by atoms with Gasteiger partial charge in [-0.2, -0.15) is 5.10 Å². The van der Waals surface area contributed by atoms with Gasteiger partial charge in [-0.15, -0.1) is 0 Å². The summed E-state index contributed by atoms with van der Waals surface area (Å²) in [5.41, 5.74) is 4.02. The first-order chi connectivity index (χ1) is 14.3. The highest BCUT2D eigenvalue weighted by molar-refractivity contribution is 6.32. The zero-order chi connectivity index (χ0) is 21.8. The van der Waals surface area contributed by atoms with E-state index in [0.29, 0.717) is 27.0 Å². The molecule has 0 fully saturated rings. The molecule has 0 atom stereocenters. The van der Waals surface area contributed by atoms with E-state index in [4.69, 9.17) is 27.9 Å². The van der Waals surface area contributed by atoms with E-state index in [1.165, 1.54) is 0 Å². The molecule has 30 heavy (non-hydrogen) atoms. The fourth-order valence-electron chi connectivity index (χ4n) is 3.06. The molecule has 0 unspecified atom stereocenters. The largest absolute Gasteiger partial charge is 0.465 e. The number of nitrogens with zero attached hydrogens (tertiary/aromatic N) is 2. The lowest BCUT2D eigenvalue weighted by Gasteiger charge is -2.11. The number of rotatable bonds is 6. The molecule has 0 saturated carbocycles. The first kappa shape index (κ1) is 21.9. The van der Waals surface area contributed by atoms with Crippen LogP contribution in [-0.4, -0.2) is 34.8 Å². The van der Waals surface area contributed by atoms with Crippen LogP contribution in [0.25, 0.3) is 16.9 Å². The summed E-state index contributed by atoms with van der Waals surface area (Å²) in [6.45, 7) is 5.46. The van der Waals surface area contributed by atoms with Gasteiger partial charge < -0.3 is 10.1 Å². The van der Waals surface area contributed by atoms with Gasteiger partial charge in [0.15, 0.2) is 5.69 Å². The zero-order valence-corrected chi connectivity index (χ0v) is 18.3. The Hall–Kier alpha value is -2.83. The van der Waals surface area contributed by atoms with Crippen molar-refractivity contribution in [1.82, 2.24) is 15.1 Å². The third-order valence-corrected chi connectivity index (χ3v) is 5.04. The third kappa shape index (κ3) is 4.66. The van der Waals surface area contributed by atoms with Crippen LogP contribution in [0.4, 0.5) is 0 Å². The normalized spacial score (nSPS) is 10.7. The highest BCUT2D eigenvalue weighted by Crippen LogP contribution is 2.32. The molecular formula is C22H21Cl2N3O3. The minimum absolute atomic E-state index is 0.195. The van der Waals surface area contributed by atoms with Crippen LogP contribution in [0, 0.1) is 13.8 Å². The monoisotopic (exact) mass is 445 g/mol. The Morgan fingerprint density at radius 2 is 1.80 bits per heavy atom. The van der Waals surface area contributed by atoms with Crippen LogP contribution in [0.2, 0.25) is 10.0 Å². The number of amides is 1. The molecule has 0 radical (unpaired) electrons. The van der Waals surface area contributed by atoms with Gasteiger partial charge in [-0.3, -0.25) is 9.59 Å². The summed E-state index contributed by atoms with van der Waals surface area (Å²) in [6, 6.07) is 12.8. The van der Waals surface area contributed by atoms with Gasteiger partial charge in [-0.1, -0.05) is 41.4 Å². The number of benzene rings is 2. The average Bonchev–Trinajstić information content (AvgIpc) is 3.04. The zero-order valence-electron chi connectivity index (χ0n) is 16.8. The maximum absolute atomic E-state index is 12.7. The molecule has 1 N–H and O–H groups in total. The Kier molecular flexibility index (Phi) is 6.80. The first-order valence-corrected chi connectivity index (χ1v) is 10.1. The Bertz CT molecular complexity index is 1090. The van der Waals surface area contributed by atoms with Gasteiger partial charge in [0.1, 0.15) is 6.54 Å². The van der Waals surface area contributed by atoms with Crippen molar-refractivity contribution in [3.63, 3.8) is 0 Å². The van der Waals surface area contributed by atoms with Gasteiger partial charge in [-0.05, 0) is 50.6 Å². The van der Waals surface area contributed by atoms with Crippen molar-refractivity contribution in [3.05, 3.63) is 69.3 Å². The van der Waals surface area contributed by atoms with Gasteiger partial charge in [0.2, 0.25) is 0 Å². The van der Waals surface area contributed by atoms with Crippen molar-refractivity contribution in [1.29, 1.82) is 0 Å². The van der Waals surface area contributed by atoms with Gasteiger partial charge in [0.05, 0.1) is 23.0 Å². The van der Waals surface area contributed by atoms with Crippen LogP contribution >= 0.6 is 23.2 Å². The van der Waals surface area contributed by atoms with E-state index >= 15 is 0 Å². The smallest absolute Gasteiger partial charge is 0.325 e. The topological polar surface area (TPSA) is 73.2 Å². The maximum Gasteiger partial charge on any atom is 0.325 e. The molecule has 0 saturated heterocycles. The molecule has 0 aliphatic carbocycles. The third-order valence-electron chi connectivity index (χ3n) is 4.48. The molecule has 1 heterocycles. The van der Waals surface area contributed by atoms with E-state index in [1.807, 2.05) is 37.3 Å². The number of nitrogens with one attached hydrogen (secondary N) is 1. The van der Waals surface area contributed by atoms with Gasteiger partial charge in [0, 0.05) is 16.1 Å². The second-order valence-corrected chi connectivity index (χ2v) is 7.53. The molecule has 1 amide bonds. The van der Waals surface area contributed by atoms with E-state index < -0.39 is 11.9 Å². The van der Waals surface area contributed by atoms with Crippen LogP contribution in [0.3, 0.4) is 0 Å². The predicted molar refractivity (Wildman–Crippen MR) is 117 cm³/mol. The van der Waals surface area contributed by atoms with Crippen LogP contribution in [0.5, 0.6) is 0 Å². The molecule has 0 aliphatic heterocycles. The molecule has 6 nitrogen and oxygen atoms in total. The Balaban J connectivity index is 2.08. The molecule has 1 aromatic heterocycles. The fourth-order valence-corrected chi connectivity index (χ4v) is 3.51. The molecule has 0 aliphatic rings. The van der Waals surface area contributed by atoms with Crippen molar-refractivity contribution in [2.75, 3.05) is 13.2 Å². The first-order valence-electron chi connectivity index (χ1n) is 9.37. The lowest BCUT2D eigenvalue weighted by atomic mass is 10.1. The number of carbonyl (C=O) groups is 2. The quantitative estimate of drug-likeness (QED) is 0.555. The molecule has 3 aromatic rings. The van der Waals surface area contributed by atoms with Crippen molar-refractivity contribution >= 4 is 35.1 Å². The number of aromatic nitrogens is 2. The number of aryl methyl sites for hydroxylation is 1. The Morgan fingerprint density at radius 1 is 1.10 bits per heavy atom. The summed E-state index contributed by atoms with van der Waals surface area (Å²) in [5.74, 6) is -0.986. The summed E-state index contributed by atoms with van der Waals surface area (Å²) in [5, 5.41) is 8.19. The lowest BCUT2D eigenvalue weighted by molar-refractivity contribution is -0.141. The fraction of sp³-hybridized carbons (Fsp3) is 0.227. The van der Waals surface area contributed by atoms with Crippen molar-refractivity contribution < 1.29 is 14.3 Å². The minimum Gasteiger partial charge on any atom is -0.465 e. The number of carbonyl (C=O) groups excluding carboxylic acids is 2. The van der Waals surface area contributed by atoms with Crippen LogP contribution in [0.1, 0.15) is 28.5 Å². The summed E-state index contributed by atoms with van der Waals surface area (Å²) >= 11 is 12.5. The summed E-state index contributed by atoms with van der Waals surface area (Å²) in [6.07, 6.45) is 0. The molecule has 156 valence electrons. The van der Waals surface area contributed by atoms with Gasteiger partial charge >= 0.3 is 5.97 Å². The van der Waals surface area contributed by atoms with Crippen molar-refractivity contribution in [2.45, 2.75) is 20.8 Å². The van der Waals surface area contributed by atoms with E-state index in [9.17, 15) is 9.59 Å². The number of hydrogen-bond acceptors (Lipinski definition) is 4. The summed E-state index contributed by atoms with van der Waals surface area (Å²) in [7, 11) is 0. The SMILES string of the molecule is CCOC(=O)CNC(=O)c1nn(-c2ccc(C)cc2Cl)c(-c2ccc(Cl)cc2)c1C.